The zero-order valence-corrected chi connectivity index (χ0v) is 25.1. The summed E-state index contributed by atoms with van der Waals surface area (Å²) in [6.07, 6.45) is -11.3. The molecule has 2 heterocycles. The van der Waals surface area contributed by atoms with Crippen LogP contribution >= 0.6 is 11.6 Å². The van der Waals surface area contributed by atoms with Crippen molar-refractivity contribution in [3.63, 3.8) is 0 Å². The first-order chi connectivity index (χ1) is 22.2. The number of carboxylic acid groups (broad SMARTS) is 1. The minimum Gasteiger partial charge on any atom is -0.476 e. The van der Waals surface area contributed by atoms with Gasteiger partial charge in [0, 0.05) is 17.6 Å². The van der Waals surface area contributed by atoms with Crippen molar-refractivity contribution < 1.29 is 62.9 Å². The van der Waals surface area contributed by atoms with Gasteiger partial charge in [-0.2, -0.15) is 0 Å². The van der Waals surface area contributed by atoms with Crippen LogP contribution in [-0.2, 0) is 25.7 Å². The first kappa shape index (κ1) is 35.4. The van der Waals surface area contributed by atoms with Gasteiger partial charge in [0.25, 0.3) is 6.43 Å². The number of aliphatic hydroxyl groups excluding tert-OH is 4. The second kappa shape index (κ2) is 15.0. The normalized spacial score (nSPS) is 22.3. The molecule has 2 amide bonds. The summed E-state index contributed by atoms with van der Waals surface area (Å²) in [7, 11) is 0. The predicted molar refractivity (Wildman–Crippen MR) is 155 cm³/mol. The van der Waals surface area contributed by atoms with E-state index in [0.717, 1.165) is 23.7 Å². The molecule has 6 atom stereocenters. The van der Waals surface area contributed by atoms with Gasteiger partial charge >= 0.3 is 17.8 Å². The van der Waals surface area contributed by atoms with Crippen LogP contribution in [0.5, 0.6) is 5.75 Å². The first-order valence-corrected chi connectivity index (χ1v) is 14.2. The zero-order valence-electron chi connectivity index (χ0n) is 24.4. The summed E-state index contributed by atoms with van der Waals surface area (Å²) in [5.74, 6) is -6.18. The molecule has 0 saturated carbocycles. The third kappa shape index (κ3) is 8.47. The Kier molecular flexibility index (Phi) is 11.3. The molecule has 7 N–H and O–H groups in total. The third-order valence-electron chi connectivity index (χ3n) is 6.94. The van der Waals surface area contributed by atoms with E-state index < -0.39 is 85.0 Å². The van der Waals surface area contributed by atoms with E-state index in [1.165, 1.54) is 12.3 Å². The Hall–Kier alpha value is -4.46. The number of aromatic nitrogens is 3. The number of amides is 2. The molecule has 1 aliphatic rings. The number of hydrogen-bond donors (Lipinski definition) is 7. The average molecular weight is 686 g/mol. The number of aliphatic carboxylic acids is 1. The van der Waals surface area contributed by atoms with Crippen molar-refractivity contribution in [3.8, 4) is 11.4 Å². The van der Waals surface area contributed by atoms with Crippen LogP contribution in [0.1, 0.15) is 31.0 Å². The number of nitrogens with zero attached hydrogens (tertiary/aromatic N) is 3. The lowest BCUT2D eigenvalue weighted by atomic mass is 9.88. The summed E-state index contributed by atoms with van der Waals surface area (Å²) in [5.41, 5.74) is -0.234. The number of halogens is 3. The standard InChI is InChI=1S/C28H30ClF2N5O11/c1-13(38)32-22-19(39)9-28(26(42)43,47-24(22)23(41)20(40)11-37)46-21-7-6-17(8-18(21)25(30)31)36-10-16(34-35-36)12-45-27(44)33-15-4-2-14(29)3-5-15/h2-8,10,19-20,22-25,37,39-41H,9,11-12H2,1H3,(H,32,38)(H,33,44)(H,42,43)/t19-,20+,22+,23+,24+,28+/m0/s1. The number of rotatable bonds is 12. The van der Waals surface area contributed by atoms with Crippen LogP contribution in [0, 0.1) is 0 Å². The van der Waals surface area contributed by atoms with Crippen molar-refractivity contribution in [1.29, 1.82) is 0 Å². The lowest BCUT2D eigenvalue weighted by Gasteiger charge is -2.46. The van der Waals surface area contributed by atoms with Crippen LogP contribution in [-0.4, -0.2) is 101 Å². The van der Waals surface area contributed by atoms with Crippen LogP contribution in [0.2, 0.25) is 5.02 Å². The van der Waals surface area contributed by atoms with Gasteiger partial charge in [-0.05, 0) is 42.5 Å². The molecule has 2 aromatic carbocycles. The fourth-order valence-corrected chi connectivity index (χ4v) is 4.79. The van der Waals surface area contributed by atoms with Gasteiger partial charge in [-0.1, -0.05) is 16.8 Å². The molecule has 0 bridgehead atoms. The minimum absolute atomic E-state index is 0.0241. The topological polar surface area (TPSA) is 235 Å². The largest absolute Gasteiger partial charge is 0.476 e. The van der Waals surface area contributed by atoms with Crippen LogP contribution in [0.25, 0.3) is 5.69 Å². The van der Waals surface area contributed by atoms with Gasteiger partial charge in [0.15, 0.2) is 0 Å². The molecule has 16 nitrogen and oxygen atoms in total. The van der Waals surface area contributed by atoms with Crippen LogP contribution in [0.15, 0.2) is 48.7 Å². The number of benzene rings is 2. The lowest BCUT2D eigenvalue weighted by Crippen LogP contribution is -2.68. The molecule has 1 fully saturated rings. The SMILES string of the molecule is CC(=O)N[C@H]1[C@H]([C@H](O)[C@H](O)CO)O[C@@](Oc2ccc(-n3cc(COC(=O)Nc4ccc(Cl)cc4)nn3)cc2C(F)F)(C(=O)O)C[C@@H]1O. The predicted octanol–water partition coefficient (Wildman–Crippen LogP) is 1.14. The second-order valence-electron chi connectivity index (χ2n) is 10.4. The van der Waals surface area contributed by atoms with Gasteiger partial charge < -0.3 is 45.1 Å². The Labute approximate surface area is 269 Å². The molecule has 0 spiro atoms. The van der Waals surface area contributed by atoms with E-state index in [2.05, 4.69) is 20.9 Å². The number of carbonyl (C=O) groups excluding carboxylic acids is 2. The van der Waals surface area contributed by atoms with E-state index in [4.69, 9.17) is 25.8 Å². The third-order valence-corrected chi connectivity index (χ3v) is 7.19. The molecule has 1 saturated heterocycles. The van der Waals surface area contributed by atoms with Crippen molar-refractivity contribution in [2.24, 2.45) is 0 Å². The number of anilines is 1. The molecule has 0 radical (unpaired) electrons. The van der Waals surface area contributed by atoms with Crippen LogP contribution in [0.3, 0.4) is 0 Å². The van der Waals surface area contributed by atoms with Crippen LogP contribution < -0.4 is 15.4 Å². The second-order valence-corrected chi connectivity index (χ2v) is 10.8. The zero-order chi connectivity index (χ0) is 34.5. The minimum atomic E-state index is -3.24. The molecular weight excluding hydrogens is 656 g/mol. The van der Waals surface area contributed by atoms with E-state index in [1.54, 1.807) is 24.3 Å². The molecule has 4 rings (SSSR count). The Bertz CT molecular complexity index is 1580. The molecule has 0 aliphatic carbocycles. The summed E-state index contributed by atoms with van der Waals surface area (Å²) in [4.78, 5) is 36.3. The quantitative estimate of drug-likeness (QED) is 0.142. The summed E-state index contributed by atoms with van der Waals surface area (Å²) in [5, 5.41) is 63.6. The number of ether oxygens (including phenoxy) is 3. The smallest absolute Gasteiger partial charge is 0.412 e. The first-order valence-electron chi connectivity index (χ1n) is 13.8. The van der Waals surface area contributed by atoms with Crippen molar-refractivity contribution in [2.45, 2.75) is 62.6 Å². The molecular formula is C28H30ClF2N5O11. The Morgan fingerprint density at radius 2 is 1.89 bits per heavy atom. The van der Waals surface area contributed by atoms with Gasteiger partial charge in [-0.15, -0.1) is 5.10 Å². The molecule has 19 heteroatoms. The summed E-state index contributed by atoms with van der Waals surface area (Å²) in [6.45, 7) is -0.273. The number of alkyl halides is 2. The highest BCUT2D eigenvalue weighted by Crippen LogP contribution is 2.39. The molecule has 3 aromatic rings. The molecule has 47 heavy (non-hydrogen) atoms. The fourth-order valence-electron chi connectivity index (χ4n) is 4.67. The van der Waals surface area contributed by atoms with Crippen molar-refractivity contribution >= 4 is 35.3 Å². The maximum atomic E-state index is 14.3. The maximum Gasteiger partial charge on any atom is 0.412 e. The number of aliphatic hydroxyl groups is 4. The molecule has 1 aliphatic heterocycles. The Morgan fingerprint density at radius 1 is 1.19 bits per heavy atom. The van der Waals surface area contributed by atoms with E-state index in [0.29, 0.717) is 10.7 Å². The highest BCUT2D eigenvalue weighted by atomic mass is 35.5. The number of carboxylic acids is 1. The Balaban J connectivity index is 1.54. The van der Waals surface area contributed by atoms with Gasteiger partial charge in [-0.25, -0.2) is 23.1 Å². The van der Waals surface area contributed by atoms with Crippen molar-refractivity contribution in [2.75, 3.05) is 11.9 Å². The monoisotopic (exact) mass is 685 g/mol. The summed E-state index contributed by atoms with van der Waals surface area (Å²) < 4.78 is 45.7. The number of nitrogens with one attached hydrogen (secondary N) is 2. The molecule has 1 aromatic heterocycles. The number of hydrogen-bond acceptors (Lipinski definition) is 12. The average Bonchev–Trinajstić information content (AvgIpc) is 3.50. The van der Waals surface area contributed by atoms with E-state index in [1.807, 2.05) is 0 Å². The molecule has 0 unspecified atom stereocenters. The maximum absolute atomic E-state index is 14.3. The van der Waals surface area contributed by atoms with Crippen molar-refractivity contribution in [1.82, 2.24) is 20.3 Å². The van der Waals surface area contributed by atoms with Gasteiger partial charge in [0.05, 0.1) is 42.6 Å². The lowest BCUT2D eigenvalue weighted by molar-refractivity contribution is -0.284. The van der Waals surface area contributed by atoms with Gasteiger partial charge in [0.1, 0.15) is 36.4 Å². The summed E-state index contributed by atoms with van der Waals surface area (Å²) in [6, 6.07) is 7.90. The van der Waals surface area contributed by atoms with E-state index >= 15 is 0 Å². The summed E-state index contributed by atoms with van der Waals surface area (Å²) >= 11 is 5.81. The van der Waals surface area contributed by atoms with Gasteiger partial charge in [-0.3, -0.25) is 10.1 Å². The molecule has 254 valence electrons. The van der Waals surface area contributed by atoms with Gasteiger partial charge in [0.2, 0.25) is 5.91 Å². The number of carbonyl (C=O) groups is 3. The van der Waals surface area contributed by atoms with Crippen LogP contribution in [0.4, 0.5) is 19.3 Å². The van der Waals surface area contributed by atoms with E-state index in [9.17, 15) is 48.7 Å². The highest BCUT2D eigenvalue weighted by molar-refractivity contribution is 6.30. The Morgan fingerprint density at radius 3 is 2.51 bits per heavy atom. The van der Waals surface area contributed by atoms with Crippen molar-refractivity contribution in [3.05, 3.63) is 64.9 Å². The highest BCUT2D eigenvalue weighted by Gasteiger charge is 2.57. The van der Waals surface area contributed by atoms with E-state index in [-0.39, 0.29) is 18.0 Å². The fraction of sp³-hybridized carbons (Fsp3) is 0.393.